The number of aryl methyl sites for hydroxylation is 1. The first kappa shape index (κ1) is 12.0. The van der Waals surface area contributed by atoms with Crippen LogP contribution in [0, 0.1) is 0 Å². The summed E-state index contributed by atoms with van der Waals surface area (Å²) in [5.74, 6) is 0.0117. The predicted molar refractivity (Wildman–Crippen MR) is 76.7 cm³/mol. The van der Waals surface area contributed by atoms with E-state index in [2.05, 4.69) is 9.59 Å². The highest BCUT2D eigenvalue weighted by atomic mass is 32.1. The van der Waals surface area contributed by atoms with Crippen LogP contribution in [0.2, 0.25) is 0 Å². The van der Waals surface area contributed by atoms with E-state index in [1.165, 1.54) is 11.5 Å². The lowest BCUT2D eigenvalue weighted by Crippen LogP contribution is -2.02. The van der Waals surface area contributed by atoms with Crippen molar-refractivity contribution in [2.45, 2.75) is 13.3 Å². The molecule has 3 nitrogen and oxygen atoms in total. The Morgan fingerprint density at radius 3 is 2.74 bits per heavy atom. The molecule has 0 unspecified atom stereocenters. The number of nitrogens with zero attached hydrogens (tertiary/aromatic N) is 2. The third kappa shape index (κ3) is 2.15. The van der Waals surface area contributed by atoms with Crippen molar-refractivity contribution < 1.29 is 4.79 Å². The zero-order valence-electron chi connectivity index (χ0n) is 10.5. The standard InChI is InChI=1S/C15H12N2OS/c1-2-13-15(19-17-16-13)14(18)12-8-7-10-5-3-4-6-11(10)9-12/h3-9H,2H2,1H3. The number of fused-ring (bicyclic) bond motifs is 1. The molecule has 0 aliphatic heterocycles. The SMILES string of the molecule is CCc1nnsc1C(=O)c1ccc2ccccc2c1. The summed E-state index contributed by atoms with van der Waals surface area (Å²) in [7, 11) is 0. The maximum Gasteiger partial charge on any atom is 0.206 e. The van der Waals surface area contributed by atoms with Crippen LogP contribution in [0.25, 0.3) is 10.8 Å². The quantitative estimate of drug-likeness (QED) is 0.683. The van der Waals surface area contributed by atoms with Crippen LogP contribution in [-0.2, 0) is 6.42 Å². The molecule has 0 aliphatic carbocycles. The Labute approximate surface area is 115 Å². The number of hydrogen-bond donors (Lipinski definition) is 0. The van der Waals surface area contributed by atoms with E-state index >= 15 is 0 Å². The van der Waals surface area contributed by atoms with E-state index in [1.54, 1.807) is 0 Å². The molecule has 0 radical (unpaired) electrons. The fourth-order valence-corrected chi connectivity index (χ4v) is 2.79. The van der Waals surface area contributed by atoms with E-state index in [1.807, 2.05) is 49.4 Å². The summed E-state index contributed by atoms with van der Waals surface area (Å²) in [5.41, 5.74) is 1.47. The molecule has 0 saturated carbocycles. The minimum absolute atomic E-state index is 0.0117. The van der Waals surface area contributed by atoms with E-state index in [0.29, 0.717) is 10.4 Å². The van der Waals surface area contributed by atoms with Crippen molar-refractivity contribution >= 4 is 28.1 Å². The van der Waals surface area contributed by atoms with E-state index in [9.17, 15) is 4.79 Å². The molecule has 0 saturated heterocycles. The van der Waals surface area contributed by atoms with Crippen molar-refractivity contribution in [2.24, 2.45) is 0 Å². The van der Waals surface area contributed by atoms with Crippen LogP contribution in [-0.4, -0.2) is 15.4 Å². The fourth-order valence-electron chi connectivity index (χ4n) is 2.07. The molecule has 1 heterocycles. The van der Waals surface area contributed by atoms with Gasteiger partial charge in [0.05, 0.1) is 5.69 Å². The van der Waals surface area contributed by atoms with Crippen molar-refractivity contribution in [3.63, 3.8) is 0 Å². The lowest BCUT2D eigenvalue weighted by molar-refractivity contribution is 0.104. The minimum Gasteiger partial charge on any atom is -0.288 e. The number of carbonyl (C=O) groups excluding carboxylic acids is 1. The molecule has 19 heavy (non-hydrogen) atoms. The number of hydrogen-bond acceptors (Lipinski definition) is 4. The summed E-state index contributed by atoms with van der Waals surface area (Å²) in [4.78, 5) is 13.1. The van der Waals surface area contributed by atoms with Gasteiger partial charge in [0.2, 0.25) is 5.78 Å². The van der Waals surface area contributed by atoms with E-state index < -0.39 is 0 Å². The summed E-state index contributed by atoms with van der Waals surface area (Å²) in [5, 5.41) is 6.20. The summed E-state index contributed by atoms with van der Waals surface area (Å²) < 4.78 is 3.87. The summed E-state index contributed by atoms with van der Waals surface area (Å²) in [6, 6.07) is 13.8. The molecule has 94 valence electrons. The molecule has 4 heteroatoms. The first-order chi connectivity index (χ1) is 9.29. The Kier molecular flexibility index (Phi) is 3.09. The molecular formula is C15H12N2OS. The molecule has 0 bridgehead atoms. The van der Waals surface area contributed by atoms with Gasteiger partial charge in [-0.25, -0.2) is 0 Å². The molecule has 0 atom stereocenters. The van der Waals surface area contributed by atoms with Gasteiger partial charge in [-0.15, -0.1) is 5.10 Å². The molecule has 2 aromatic carbocycles. The molecule has 3 aromatic rings. The van der Waals surface area contributed by atoms with Crippen molar-refractivity contribution in [3.8, 4) is 0 Å². The third-order valence-electron chi connectivity index (χ3n) is 3.11. The summed E-state index contributed by atoms with van der Waals surface area (Å²) >= 11 is 1.17. The molecular weight excluding hydrogens is 256 g/mol. The van der Waals surface area contributed by atoms with Gasteiger partial charge in [-0.1, -0.05) is 47.8 Å². The average molecular weight is 268 g/mol. The van der Waals surface area contributed by atoms with Gasteiger partial charge in [0.1, 0.15) is 4.88 Å². The Morgan fingerprint density at radius 2 is 1.95 bits per heavy atom. The maximum absolute atomic E-state index is 12.5. The van der Waals surface area contributed by atoms with Crippen molar-refractivity contribution in [3.05, 3.63) is 58.6 Å². The largest absolute Gasteiger partial charge is 0.288 e. The molecule has 0 fully saturated rings. The van der Waals surface area contributed by atoms with Crippen LogP contribution in [0.15, 0.2) is 42.5 Å². The Bertz CT molecular complexity index is 748. The summed E-state index contributed by atoms with van der Waals surface area (Å²) in [6.07, 6.45) is 0.727. The molecule has 0 spiro atoms. The second-order valence-electron chi connectivity index (χ2n) is 4.29. The number of ketones is 1. The number of benzene rings is 2. The fraction of sp³-hybridized carbons (Fsp3) is 0.133. The molecule has 0 amide bonds. The molecule has 0 aliphatic rings. The van der Waals surface area contributed by atoms with Gasteiger partial charge in [-0.2, -0.15) is 0 Å². The highest BCUT2D eigenvalue weighted by Gasteiger charge is 2.17. The van der Waals surface area contributed by atoms with Crippen molar-refractivity contribution in [1.29, 1.82) is 0 Å². The highest BCUT2D eigenvalue weighted by Crippen LogP contribution is 2.21. The van der Waals surface area contributed by atoms with Crippen LogP contribution < -0.4 is 0 Å². The number of aromatic nitrogens is 2. The Morgan fingerprint density at radius 1 is 1.16 bits per heavy atom. The first-order valence-electron chi connectivity index (χ1n) is 6.14. The number of rotatable bonds is 3. The topological polar surface area (TPSA) is 42.9 Å². The second kappa shape index (κ2) is 4.90. The predicted octanol–water partition coefficient (Wildman–Crippen LogP) is 3.48. The Balaban J connectivity index is 2.06. The highest BCUT2D eigenvalue weighted by molar-refractivity contribution is 7.08. The monoisotopic (exact) mass is 268 g/mol. The van der Waals surface area contributed by atoms with E-state index in [-0.39, 0.29) is 5.78 Å². The van der Waals surface area contributed by atoms with Gasteiger partial charge in [-0.3, -0.25) is 4.79 Å². The van der Waals surface area contributed by atoms with Crippen LogP contribution >= 0.6 is 11.5 Å². The van der Waals surface area contributed by atoms with Crippen LogP contribution in [0.1, 0.15) is 27.9 Å². The van der Waals surface area contributed by atoms with Gasteiger partial charge >= 0.3 is 0 Å². The first-order valence-corrected chi connectivity index (χ1v) is 6.91. The summed E-state index contributed by atoms with van der Waals surface area (Å²) in [6.45, 7) is 1.98. The van der Waals surface area contributed by atoms with Crippen LogP contribution in [0.4, 0.5) is 0 Å². The smallest absolute Gasteiger partial charge is 0.206 e. The zero-order valence-corrected chi connectivity index (χ0v) is 11.3. The third-order valence-corrected chi connectivity index (χ3v) is 3.88. The minimum atomic E-state index is 0.0117. The van der Waals surface area contributed by atoms with Crippen molar-refractivity contribution in [2.75, 3.05) is 0 Å². The van der Waals surface area contributed by atoms with E-state index in [4.69, 9.17) is 0 Å². The Hall–Kier alpha value is -2.07. The zero-order chi connectivity index (χ0) is 13.2. The van der Waals surface area contributed by atoms with Gasteiger partial charge in [0, 0.05) is 5.56 Å². The molecule has 3 rings (SSSR count). The van der Waals surface area contributed by atoms with Gasteiger partial charge in [0.25, 0.3) is 0 Å². The maximum atomic E-state index is 12.5. The van der Waals surface area contributed by atoms with Crippen LogP contribution in [0.3, 0.4) is 0 Å². The normalized spacial score (nSPS) is 10.8. The van der Waals surface area contributed by atoms with Crippen molar-refractivity contribution in [1.82, 2.24) is 9.59 Å². The van der Waals surface area contributed by atoms with E-state index in [0.717, 1.165) is 22.9 Å². The van der Waals surface area contributed by atoms with Gasteiger partial charge in [0.15, 0.2) is 0 Å². The van der Waals surface area contributed by atoms with Crippen LogP contribution in [0.5, 0.6) is 0 Å². The van der Waals surface area contributed by atoms with Gasteiger partial charge in [-0.05, 0) is 34.8 Å². The molecule has 0 N–H and O–H groups in total. The number of carbonyl (C=O) groups is 1. The second-order valence-corrected chi connectivity index (χ2v) is 5.05. The van der Waals surface area contributed by atoms with Gasteiger partial charge < -0.3 is 0 Å². The lowest BCUT2D eigenvalue weighted by atomic mass is 10.0. The lowest BCUT2D eigenvalue weighted by Gasteiger charge is -2.02. The average Bonchev–Trinajstić information content (AvgIpc) is 2.94. The molecule has 1 aromatic heterocycles.